The van der Waals surface area contributed by atoms with Gasteiger partial charge in [-0.15, -0.1) is 0 Å². The number of rotatable bonds is 5. The van der Waals surface area contributed by atoms with Crippen molar-refractivity contribution < 1.29 is 4.39 Å². The molecule has 1 nitrogen and oxygen atoms in total. The van der Waals surface area contributed by atoms with E-state index in [0.29, 0.717) is 0 Å². The molecular formula is C17H18FN. The molecule has 0 aliphatic rings. The lowest BCUT2D eigenvalue weighted by molar-refractivity contribution is 0.595. The first-order valence-corrected chi connectivity index (χ1v) is 6.46. The van der Waals surface area contributed by atoms with Gasteiger partial charge in [0.15, 0.2) is 0 Å². The van der Waals surface area contributed by atoms with Crippen LogP contribution in [0.4, 0.5) is 4.39 Å². The van der Waals surface area contributed by atoms with Gasteiger partial charge < -0.3 is 5.32 Å². The van der Waals surface area contributed by atoms with Gasteiger partial charge in [-0.2, -0.15) is 0 Å². The Morgan fingerprint density at radius 1 is 1.11 bits per heavy atom. The van der Waals surface area contributed by atoms with Crippen LogP contribution < -0.4 is 5.32 Å². The minimum Gasteiger partial charge on any atom is -0.307 e. The standard InChI is InChI=1S/C17H18FN/c1-14(16-10-5-11-17(18)13-16)19-12-6-9-15-7-3-2-4-8-15/h2-11,13-14,19H,12H2,1H3/b9-6+/t14-/m1/s1. The zero-order valence-electron chi connectivity index (χ0n) is 11.0. The van der Waals surface area contributed by atoms with Gasteiger partial charge in [0.2, 0.25) is 0 Å². The predicted octanol–water partition coefficient (Wildman–Crippen LogP) is 4.19. The minimum absolute atomic E-state index is 0.135. The quantitative estimate of drug-likeness (QED) is 0.844. The van der Waals surface area contributed by atoms with E-state index in [-0.39, 0.29) is 11.9 Å². The number of nitrogens with one attached hydrogen (secondary N) is 1. The molecule has 0 aliphatic heterocycles. The Balaban J connectivity index is 1.84. The first-order valence-electron chi connectivity index (χ1n) is 6.46. The lowest BCUT2D eigenvalue weighted by atomic mass is 10.1. The Labute approximate surface area is 113 Å². The molecule has 2 aromatic rings. The van der Waals surface area contributed by atoms with Crippen LogP contribution >= 0.6 is 0 Å². The van der Waals surface area contributed by atoms with Crippen LogP contribution in [0.15, 0.2) is 60.7 Å². The molecule has 0 bridgehead atoms. The predicted molar refractivity (Wildman–Crippen MR) is 78.3 cm³/mol. The average molecular weight is 255 g/mol. The minimum atomic E-state index is -0.189. The van der Waals surface area contributed by atoms with Gasteiger partial charge in [0.1, 0.15) is 5.82 Å². The smallest absolute Gasteiger partial charge is 0.123 e. The van der Waals surface area contributed by atoms with Crippen molar-refractivity contribution >= 4 is 6.08 Å². The van der Waals surface area contributed by atoms with Crippen molar-refractivity contribution in [2.75, 3.05) is 6.54 Å². The summed E-state index contributed by atoms with van der Waals surface area (Å²) in [5, 5.41) is 3.34. The molecule has 0 spiro atoms. The van der Waals surface area contributed by atoms with Gasteiger partial charge >= 0.3 is 0 Å². The SMILES string of the molecule is C[C@@H](NC/C=C/c1ccccc1)c1cccc(F)c1. The molecule has 0 heterocycles. The van der Waals surface area contributed by atoms with E-state index in [1.807, 2.05) is 31.2 Å². The Hall–Kier alpha value is -1.93. The average Bonchev–Trinajstić information content (AvgIpc) is 2.44. The van der Waals surface area contributed by atoms with Gasteiger partial charge in [-0.1, -0.05) is 54.6 Å². The van der Waals surface area contributed by atoms with Crippen LogP contribution in [0.5, 0.6) is 0 Å². The van der Waals surface area contributed by atoms with Crippen LogP contribution in [0.25, 0.3) is 6.08 Å². The molecule has 0 saturated heterocycles. The van der Waals surface area contributed by atoms with Crippen molar-refractivity contribution in [1.29, 1.82) is 0 Å². The lowest BCUT2D eigenvalue weighted by Crippen LogP contribution is -2.18. The van der Waals surface area contributed by atoms with Crippen LogP contribution in [0.1, 0.15) is 24.1 Å². The van der Waals surface area contributed by atoms with Gasteiger partial charge in [-0.25, -0.2) is 4.39 Å². The van der Waals surface area contributed by atoms with Gasteiger partial charge in [-0.3, -0.25) is 0 Å². The highest BCUT2D eigenvalue weighted by molar-refractivity contribution is 5.48. The zero-order chi connectivity index (χ0) is 13.5. The second kappa shape index (κ2) is 6.86. The number of hydrogen-bond donors (Lipinski definition) is 1. The third-order valence-electron chi connectivity index (χ3n) is 3.00. The highest BCUT2D eigenvalue weighted by Crippen LogP contribution is 2.13. The molecule has 2 heteroatoms. The van der Waals surface area contributed by atoms with E-state index in [1.54, 1.807) is 12.1 Å². The van der Waals surface area contributed by atoms with Crippen LogP contribution in [0, 0.1) is 5.82 Å². The molecule has 1 N–H and O–H groups in total. The van der Waals surface area contributed by atoms with E-state index in [1.165, 1.54) is 11.6 Å². The second-order valence-electron chi connectivity index (χ2n) is 4.50. The molecule has 19 heavy (non-hydrogen) atoms. The molecule has 98 valence electrons. The van der Waals surface area contributed by atoms with Crippen molar-refractivity contribution in [3.8, 4) is 0 Å². The zero-order valence-corrected chi connectivity index (χ0v) is 11.0. The molecule has 0 unspecified atom stereocenters. The summed E-state index contributed by atoms with van der Waals surface area (Å²) in [5.74, 6) is -0.189. The van der Waals surface area contributed by atoms with Crippen molar-refractivity contribution in [2.24, 2.45) is 0 Å². The summed E-state index contributed by atoms with van der Waals surface area (Å²) < 4.78 is 13.1. The first kappa shape index (κ1) is 13.5. The lowest BCUT2D eigenvalue weighted by Gasteiger charge is -2.12. The summed E-state index contributed by atoms with van der Waals surface area (Å²) in [5.41, 5.74) is 2.15. The maximum absolute atomic E-state index is 13.1. The molecule has 0 radical (unpaired) electrons. The Morgan fingerprint density at radius 3 is 2.63 bits per heavy atom. The Morgan fingerprint density at radius 2 is 1.89 bits per heavy atom. The van der Waals surface area contributed by atoms with Crippen LogP contribution in [-0.2, 0) is 0 Å². The highest BCUT2D eigenvalue weighted by atomic mass is 19.1. The number of halogens is 1. The summed E-state index contributed by atoms with van der Waals surface area (Å²) in [7, 11) is 0. The molecule has 2 aromatic carbocycles. The van der Waals surface area contributed by atoms with Gasteiger partial charge in [0, 0.05) is 12.6 Å². The molecule has 0 amide bonds. The van der Waals surface area contributed by atoms with Gasteiger partial charge in [-0.05, 0) is 30.2 Å². The highest BCUT2D eigenvalue weighted by Gasteiger charge is 2.03. The first-order chi connectivity index (χ1) is 9.25. The Kier molecular flexibility index (Phi) is 4.87. The molecule has 1 atom stereocenters. The molecule has 0 aromatic heterocycles. The monoisotopic (exact) mass is 255 g/mol. The normalized spacial score (nSPS) is 12.7. The largest absolute Gasteiger partial charge is 0.307 e. The van der Waals surface area contributed by atoms with E-state index >= 15 is 0 Å². The third kappa shape index (κ3) is 4.34. The van der Waals surface area contributed by atoms with Gasteiger partial charge in [0.05, 0.1) is 0 Å². The molecule has 0 fully saturated rings. The summed E-state index contributed by atoms with van der Waals surface area (Å²) >= 11 is 0. The van der Waals surface area contributed by atoms with E-state index in [4.69, 9.17) is 0 Å². The fourth-order valence-corrected chi connectivity index (χ4v) is 1.90. The summed E-state index contributed by atoms with van der Waals surface area (Å²) in [6.07, 6.45) is 4.15. The summed E-state index contributed by atoms with van der Waals surface area (Å²) in [6, 6.07) is 17.0. The molecule has 0 aliphatic carbocycles. The third-order valence-corrected chi connectivity index (χ3v) is 3.00. The van der Waals surface area contributed by atoms with Crippen LogP contribution in [-0.4, -0.2) is 6.54 Å². The van der Waals surface area contributed by atoms with E-state index in [9.17, 15) is 4.39 Å². The fraction of sp³-hybridized carbons (Fsp3) is 0.176. The summed E-state index contributed by atoms with van der Waals surface area (Å²) in [4.78, 5) is 0. The fourth-order valence-electron chi connectivity index (χ4n) is 1.90. The van der Waals surface area contributed by atoms with E-state index < -0.39 is 0 Å². The van der Waals surface area contributed by atoms with E-state index in [0.717, 1.165) is 12.1 Å². The topological polar surface area (TPSA) is 12.0 Å². The maximum atomic E-state index is 13.1. The van der Waals surface area contributed by atoms with Crippen LogP contribution in [0.2, 0.25) is 0 Å². The van der Waals surface area contributed by atoms with E-state index in [2.05, 4.69) is 29.6 Å². The van der Waals surface area contributed by atoms with Crippen molar-refractivity contribution in [2.45, 2.75) is 13.0 Å². The maximum Gasteiger partial charge on any atom is 0.123 e. The summed E-state index contributed by atoms with van der Waals surface area (Å²) in [6.45, 7) is 2.79. The van der Waals surface area contributed by atoms with Crippen molar-refractivity contribution in [1.82, 2.24) is 5.32 Å². The number of hydrogen-bond acceptors (Lipinski definition) is 1. The molecule has 0 saturated carbocycles. The molecule has 2 rings (SSSR count). The van der Waals surface area contributed by atoms with Crippen molar-refractivity contribution in [3.05, 3.63) is 77.6 Å². The molecular weight excluding hydrogens is 237 g/mol. The second-order valence-corrected chi connectivity index (χ2v) is 4.50. The van der Waals surface area contributed by atoms with Crippen molar-refractivity contribution in [3.63, 3.8) is 0 Å². The Bertz CT molecular complexity index is 534. The van der Waals surface area contributed by atoms with Gasteiger partial charge in [0.25, 0.3) is 0 Å². The number of benzene rings is 2. The van der Waals surface area contributed by atoms with Crippen LogP contribution in [0.3, 0.4) is 0 Å².